The van der Waals surface area contributed by atoms with Crippen LogP contribution < -0.4 is 9.47 Å². The van der Waals surface area contributed by atoms with E-state index in [1.165, 1.54) is 0 Å². The van der Waals surface area contributed by atoms with Gasteiger partial charge in [0.25, 0.3) is 0 Å². The molecule has 0 unspecified atom stereocenters. The summed E-state index contributed by atoms with van der Waals surface area (Å²) in [5, 5.41) is 1.07. The Balaban J connectivity index is 2.43. The highest BCUT2D eigenvalue weighted by molar-refractivity contribution is 6.28. The molecule has 5 heteroatoms. The second-order valence-electron chi connectivity index (χ2n) is 4.42. The Hall–Kier alpha value is -2.33. The molecule has 0 fully saturated rings. The number of aromatic nitrogens is 2. The molecule has 0 atom stereocenters. The quantitative estimate of drug-likeness (QED) is 0.687. The van der Waals surface area contributed by atoms with Crippen molar-refractivity contribution in [3.8, 4) is 22.6 Å². The molecule has 4 nitrogen and oxygen atoms in total. The number of fused-ring (bicyclic) bond motifs is 1. The van der Waals surface area contributed by atoms with Crippen LogP contribution in [-0.4, -0.2) is 24.2 Å². The van der Waals surface area contributed by atoms with E-state index in [9.17, 15) is 0 Å². The standard InChI is InChI=1S/C16H13ClN2O2/c1-20-13-8-12-11(9-18-16(17)19-12)14(15(13)21-2)10-6-4-3-5-7-10/h3-9H,1-2H3. The zero-order valence-electron chi connectivity index (χ0n) is 11.6. The van der Waals surface area contributed by atoms with E-state index in [0.29, 0.717) is 17.0 Å². The van der Waals surface area contributed by atoms with Gasteiger partial charge in [0.2, 0.25) is 5.28 Å². The summed E-state index contributed by atoms with van der Waals surface area (Å²) in [6, 6.07) is 11.7. The van der Waals surface area contributed by atoms with Crippen molar-refractivity contribution in [2.75, 3.05) is 14.2 Å². The van der Waals surface area contributed by atoms with Gasteiger partial charge in [-0.25, -0.2) is 9.97 Å². The molecule has 0 radical (unpaired) electrons. The van der Waals surface area contributed by atoms with E-state index >= 15 is 0 Å². The molecule has 0 aliphatic carbocycles. The maximum Gasteiger partial charge on any atom is 0.222 e. The van der Waals surface area contributed by atoms with E-state index in [2.05, 4.69) is 9.97 Å². The summed E-state index contributed by atoms with van der Waals surface area (Å²) in [4.78, 5) is 8.35. The van der Waals surface area contributed by atoms with Gasteiger partial charge >= 0.3 is 0 Å². The van der Waals surface area contributed by atoms with Crippen LogP contribution in [0.3, 0.4) is 0 Å². The van der Waals surface area contributed by atoms with Crippen LogP contribution in [0.4, 0.5) is 0 Å². The first-order valence-corrected chi connectivity index (χ1v) is 6.75. The van der Waals surface area contributed by atoms with Gasteiger partial charge < -0.3 is 9.47 Å². The molecule has 0 aliphatic heterocycles. The molecule has 2 aromatic carbocycles. The van der Waals surface area contributed by atoms with Crippen LogP contribution in [0.1, 0.15) is 0 Å². The molecule has 21 heavy (non-hydrogen) atoms. The highest BCUT2D eigenvalue weighted by Crippen LogP contribution is 2.43. The number of hydrogen-bond acceptors (Lipinski definition) is 4. The smallest absolute Gasteiger partial charge is 0.222 e. The van der Waals surface area contributed by atoms with Crippen molar-refractivity contribution in [2.45, 2.75) is 0 Å². The van der Waals surface area contributed by atoms with Crippen LogP contribution in [0.2, 0.25) is 5.28 Å². The summed E-state index contributed by atoms with van der Waals surface area (Å²) in [5.74, 6) is 1.26. The summed E-state index contributed by atoms with van der Waals surface area (Å²) < 4.78 is 11.0. The lowest BCUT2D eigenvalue weighted by atomic mass is 9.99. The lowest BCUT2D eigenvalue weighted by Crippen LogP contribution is -1.96. The minimum atomic E-state index is 0.203. The van der Waals surface area contributed by atoms with E-state index in [0.717, 1.165) is 16.5 Å². The van der Waals surface area contributed by atoms with E-state index in [1.807, 2.05) is 30.3 Å². The molecule has 0 N–H and O–H groups in total. The zero-order valence-corrected chi connectivity index (χ0v) is 12.4. The average molecular weight is 301 g/mol. The Bertz CT molecular complexity index is 791. The van der Waals surface area contributed by atoms with Crippen molar-refractivity contribution >= 4 is 22.5 Å². The minimum absolute atomic E-state index is 0.203. The third kappa shape index (κ3) is 2.38. The lowest BCUT2D eigenvalue weighted by molar-refractivity contribution is 0.357. The fourth-order valence-corrected chi connectivity index (χ4v) is 2.50. The fourth-order valence-electron chi connectivity index (χ4n) is 2.36. The predicted molar refractivity (Wildman–Crippen MR) is 83.1 cm³/mol. The molecule has 0 saturated carbocycles. The van der Waals surface area contributed by atoms with Crippen LogP contribution in [-0.2, 0) is 0 Å². The number of methoxy groups -OCH3 is 2. The number of rotatable bonds is 3. The first-order chi connectivity index (χ1) is 10.2. The maximum absolute atomic E-state index is 5.89. The number of ether oxygens (including phenoxy) is 2. The normalized spacial score (nSPS) is 10.6. The molecule has 0 spiro atoms. The van der Waals surface area contributed by atoms with Gasteiger partial charge in [-0.1, -0.05) is 30.3 Å². The van der Waals surface area contributed by atoms with Crippen LogP contribution in [0.15, 0.2) is 42.6 Å². The largest absolute Gasteiger partial charge is 0.493 e. The SMILES string of the molecule is COc1cc2nc(Cl)ncc2c(-c2ccccc2)c1OC. The Morgan fingerprint density at radius 1 is 1.05 bits per heavy atom. The summed E-state index contributed by atoms with van der Waals surface area (Å²) in [6.07, 6.45) is 1.70. The number of nitrogens with zero attached hydrogens (tertiary/aromatic N) is 2. The van der Waals surface area contributed by atoms with Gasteiger partial charge in [0.1, 0.15) is 0 Å². The third-order valence-corrected chi connectivity index (χ3v) is 3.45. The van der Waals surface area contributed by atoms with Crippen molar-refractivity contribution in [1.82, 2.24) is 9.97 Å². The molecule has 0 bridgehead atoms. The van der Waals surface area contributed by atoms with Crippen LogP contribution in [0, 0.1) is 0 Å². The van der Waals surface area contributed by atoms with Crippen LogP contribution in [0.25, 0.3) is 22.0 Å². The van der Waals surface area contributed by atoms with E-state index < -0.39 is 0 Å². The molecule has 1 heterocycles. The van der Waals surface area contributed by atoms with Gasteiger partial charge in [-0.3, -0.25) is 0 Å². The molecule has 0 saturated heterocycles. The van der Waals surface area contributed by atoms with Gasteiger partial charge in [-0.2, -0.15) is 0 Å². The molecular weight excluding hydrogens is 288 g/mol. The van der Waals surface area contributed by atoms with Crippen molar-refractivity contribution in [3.63, 3.8) is 0 Å². The van der Waals surface area contributed by atoms with Gasteiger partial charge in [-0.05, 0) is 17.2 Å². The van der Waals surface area contributed by atoms with Gasteiger partial charge in [-0.15, -0.1) is 0 Å². The number of halogens is 1. The summed E-state index contributed by atoms with van der Waals surface area (Å²) >= 11 is 5.89. The second kappa shape index (κ2) is 5.58. The van der Waals surface area contributed by atoms with Crippen molar-refractivity contribution in [3.05, 3.63) is 47.9 Å². The Kier molecular flexibility index (Phi) is 3.62. The van der Waals surface area contributed by atoms with Crippen molar-refractivity contribution in [1.29, 1.82) is 0 Å². The Morgan fingerprint density at radius 2 is 1.81 bits per heavy atom. The first-order valence-electron chi connectivity index (χ1n) is 6.37. The monoisotopic (exact) mass is 300 g/mol. The maximum atomic E-state index is 5.89. The lowest BCUT2D eigenvalue weighted by Gasteiger charge is -2.15. The van der Waals surface area contributed by atoms with Crippen LogP contribution in [0.5, 0.6) is 11.5 Å². The summed E-state index contributed by atoms with van der Waals surface area (Å²) in [5.41, 5.74) is 2.61. The predicted octanol–water partition coefficient (Wildman–Crippen LogP) is 3.97. The van der Waals surface area contributed by atoms with Crippen LogP contribution >= 0.6 is 11.6 Å². The minimum Gasteiger partial charge on any atom is -0.493 e. The van der Waals surface area contributed by atoms with Gasteiger partial charge in [0, 0.05) is 23.2 Å². The average Bonchev–Trinajstić information content (AvgIpc) is 2.53. The highest BCUT2D eigenvalue weighted by atomic mass is 35.5. The number of benzene rings is 2. The van der Waals surface area contributed by atoms with E-state index in [1.54, 1.807) is 26.5 Å². The topological polar surface area (TPSA) is 44.2 Å². The molecule has 0 amide bonds. The zero-order chi connectivity index (χ0) is 14.8. The molecule has 0 aliphatic rings. The Morgan fingerprint density at radius 3 is 2.48 bits per heavy atom. The van der Waals surface area contributed by atoms with Gasteiger partial charge in [0.05, 0.1) is 19.7 Å². The molecular formula is C16H13ClN2O2. The first kappa shape index (κ1) is 13.6. The fraction of sp³-hybridized carbons (Fsp3) is 0.125. The Labute approximate surface area is 127 Å². The summed E-state index contributed by atoms with van der Waals surface area (Å²) in [6.45, 7) is 0. The molecule has 3 rings (SSSR count). The van der Waals surface area contributed by atoms with E-state index in [4.69, 9.17) is 21.1 Å². The third-order valence-electron chi connectivity index (χ3n) is 3.26. The highest BCUT2D eigenvalue weighted by Gasteiger charge is 2.17. The van der Waals surface area contributed by atoms with E-state index in [-0.39, 0.29) is 5.28 Å². The van der Waals surface area contributed by atoms with Gasteiger partial charge in [0.15, 0.2) is 11.5 Å². The summed E-state index contributed by atoms with van der Waals surface area (Å²) in [7, 11) is 3.22. The second-order valence-corrected chi connectivity index (χ2v) is 4.76. The number of hydrogen-bond donors (Lipinski definition) is 0. The van der Waals surface area contributed by atoms with Crippen molar-refractivity contribution < 1.29 is 9.47 Å². The molecule has 106 valence electrons. The molecule has 1 aromatic heterocycles. The molecule has 3 aromatic rings. The van der Waals surface area contributed by atoms with Crippen molar-refractivity contribution in [2.24, 2.45) is 0 Å².